The van der Waals surface area contributed by atoms with Crippen molar-refractivity contribution in [3.63, 3.8) is 0 Å². The predicted molar refractivity (Wildman–Crippen MR) is 96.8 cm³/mol. The molecule has 0 atom stereocenters. The summed E-state index contributed by atoms with van der Waals surface area (Å²) in [6.07, 6.45) is 0. The summed E-state index contributed by atoms with van der Waals surface area (Å²) in [6.45, 7) is 3.93. The highest BCUT2D eigenvalue weighted by Gasteiger charge is 2.11. The van der Waals surface area contributed by atoms with Crippen molar-refractivity contribution in [1.82, 2.24) is 9.78 Å². The second-order valence-electron chi connectivity index (χ2n) is 5.44. The third-order valence-electron chi connectivity index (χ3n) is 3.70. The number of nitrogens with zero attached hydrogens (tertiary/aromatic N) is 2. The zero-order valence-electron chi connectivity index (χ0n) is 13.2. The second kappa shape index (κ2) is 6.49. The molecule has 0 aliphatic rings. The summed E-state index contributed by atoms with van der Waals surface area (Å²) in [4.78, 5) is 12.2. The molecule has 2 N–H and O–H groups in total. The van der Waals surface area contributed by atoms with Crippen molar-refractivity contribution >= 4 is 27.5 Å². The number of aromatic hydroxyl groups is 1. The SMILES string of the molecule is Cc1nn(-c2ccc(NC(=O)c3ccc(O)cc3)cc2)c(C)c1Br. The minimum Gasteiger partial charge on any atom is -0.508 e. The monoisotopic (exact) mass is 385 g/mol. The smallest absolute Gasteiger partial charge is 0.255 e. The van der Waals surface area contributed by atoms with E-state index in [4.69, 9.17) is 0 Å². The van der Waals surface area contributed by atoms with Crippen molar-refractivity contribution in [1.29, 1.82) is 0 Å². The number of aromatic nitrogens is 2. The van der Waals surface area contributed by atoms with Crippen LogP contribution in [0.3, 0.4) is 0 Å². The van der Waals surface area contributed by atoms with Gasteiger partial charge in [0.2, 0.25) is 0 Å². The highest BCUT2D eigenvalue weighted by Crippen LogP contribution is 2.23. The Morgan fingerprint density at radius 1 is 1.08 bits per heavy atom. The van der Waals surface area contributed by atoms with E-state index in [0.717, 1.165) is 21.5 Å². The third-order valence-corrected chi connectivity index (χ3v) is 4.85. The van der Waals surface area contributed by atoms with Crippen molar-refractivity contribution < 1.29 is 9.90 Å². The molecule has 0 fully saturated rings. The number of carbonyl (C=O) groups is 1. The summed E-state index contributed by atoms with van der Waals surface area (Å²) in [5.41, 5.74) is 4.05. The lowest BCUT2D eigenvalue weighted by Crippen LogP contribution is -2.11. The number of rotatable bonds is 3. The molecule has 1 aromatic heterocycles. The maximum atomic E-state index is 12.2. The van der Waals surface area contributed by atoms with Crippen molar-refractivity contribution in [2.45, 2.75) is 13.8 Å². The quantitative estimate of drug-likeness (QED) is 0.709. The summed E-state index contributed by atoms with van der Waals surface area (Å²) in [5.74, 6) is -0.0939. The highest BCUT2D eigenvalue weighted by atomic mass is 79.9. The van der Waals surface area contributed by atoms with E-state index in [9.17, 15) is 9.90 Å². The van der Waals surface area contributed by atoms with Crippen LogP contribution in [0.1, 0.15) is 21.7 Å². The van der Waals surface area contributed by atoms with E-state index in [1.807, 2.05) is 42.8 Å². The van der Waals surface area contributed by atoms with Crippen LogP contribution in [0.25, 0.3) is 5.69 Å². The van der Waals surface area contributed by atoms with Crippen LogP contribution < -0.4 is 5.32 Å². The Labute approximate surface area is 148 Å². The maximum absolute atomic E-state index is 12.2. The standard InChI is InChI=1S/C18H16BrN3O2/c1-11-17(19)12(2)22(21-11)15-7-5-14(6-8-15)20-18(24)13-3-9-16(23)10-4-13/h3-10,23H,1-2H3,(H,20,24). The van der Waals surface area contributed by atoms with Crippen LogP contribution in [0.5, 0.6) is 5.75 Å². The summed E-state index contributed by atoms with van der Waals surface area (Å²) in [7, 11) is 0. The van der Waals surface area contributed by atoms with Gasteiger partial charge in [-0.25, -0.2) is 4.68 Å². The fourth-order valence-electron chi connectivity index (χ4n) is 2.38. The molecule has 0 bridgehead atoms. The molecule has 2 aromatic carbocycles. The first kappa shape index (κ1) is 16.3. The van der Waals surface area contributed by atoms with Gasteiger partial charge in [-0.15, -0.1) is 0 Å². The minimum atomic E-state index is -0.225. The van der Waals surface area contributed by atoms with Crippen LogP contribution in [-0.4, -0.2) is 20.8 Å². The molecular formula is C18H16BrN3O2. The average Bonchev–Trinajstić information content (AvgIpc) is 2.84. The summed E-state index contributed by atoms with van der Waals surface area (Å²) in [6, 6.07) is 13.6. The molecule has 1 heterocycles. The van der Waals surface area contributed by atoms with Gasteiger partial charge in [-0.2, -0.15) is 5.10 Å². The average molecular weight is 386 g/mol. The van der Waals surface area contributed by atoms with E-state index in [1.54, 1.807) is 12.1 Å². The highest BCUT2D eigenvalue weighted by molar-refractivity contribution is 9.10. The van der Waals surface area contributed by atoms with Gasteiger partial charge >= 0.3 is 0 Å². The molecule has 3 rings (SSSR count). The van der Waals surface area contributed by atoms with Gasteiger partial charge in [0.05, 0.1) is 21.5 Å². The van der Waals surface area contributed by atoms with Crippen molar-refractivity contribution in [3.8, 4) is 11.4 Å². The van der Waals surface area contributed by atoms with Gasteiger partial charge in [0.25, 0.3) is 5.91 Å². The van der Waals surface area contributed by atoms with E-state index in [2.05, 4.69) is 26.3 Å². The number of anilines is 1. The Morgan fingerprint density at radius 3 is 2.25 bits per heavy atom. The van der Waals surface area contributed by atoms with E-state index in [-0.39, 0.29) is 11.7 Å². The molecule has 122 valence electrons. The molecule has 5 nitrogen and oxygen atoms in total. The van der Waals surface area contributed by atoms with Crippen LogP contribution in [0.4, 0.5) is 5.69 Å². The molecule has 0 aliphatic heterocycles. The predicted octanol–water partition coefficient (Wildman–Crippen LogP) is 4.21. The number of phenols is 1. The molecule has 0 unspecified atom stereocenters. The van der Waals surface area contributed by atoms with Gasteiger partial charge in [-0.05, 0) is 78.3 Å². The minimum absolute atomic E-state index is 0.131. The zero-order valence-corrected chi connectivity index (χ0v) is 14.8. The zero-order chi connectivity index (χ0) is 17.3. The third kappa shape index (κ3) is 3.19. The lowest BCUT2D eigenvalue weighted by atomic mass is 10.2. The van der Waals surface area contributed by atoms with Gasteiger partial charge in [-0.1, -0.05) is 0 Å². The summed E-state index contributed by atoms with van der Waals surface area (Å²) >= 11 is 3.52. The first-order chi connectivity index (χ1) is 11.5. The van der Waals surface area contributed by atoms with E-state index in [0.29, 0.717) is 11.3 Å². The molecule has 24 heavy (non-hydrogen) atoms. The number of halogens is 1. The number of hydrogen-bond donors (Lipinski definition) is 2. The Morgan fingerprint density at radius 2 is 1.71 bits per heavy atom. The number of nitrogens with one attached hydrogen (secondary N) is 1. The lowest BCUT2D eigenvalue weighted by Gasteiger charge is -2.08. The molecular weight excluding hydrogens is 370 g/mol. The number of hydrogen-bond acceptors (Lipinski definition) is 3. The topological polar surface area (TPSA) is 67.2 Å². The van der Waals surface area contributed by atoms with E-state index in [1.165, 1.54) is 12.1 Å². The Hall–Kier alpha value is -2.60. The fourth-order valence-corrected chi connectivity index (χ4v) is 2.62. The first-order valence-corrected chi connectivity index (χ1v) is 8.17. The van der Waals surface area contributed by atoms with Gasteiger partial charge in [0.1, 0.15) is 5.75 Å². The molecule has 6 heteroatoms. The molecule has 1 amide bonds. The van der Waals surface area contributed by atoms with Crippen LogP contribution in [0, 0.1) is 13.8 Å². The normalized spacial score (nSPS) is 10.6. The summed E-state index contributed by atoms with van der Waals surface area (Å²) in [5, 5.41) is 16.6. The van der Waals surface area contributed by atoms with Crippen molar-refractivity contribution in [2.24, 2.45) is 0 Å². The Balaban J connectivity index is 1.78. The van der Waals surface area contributed by atoms with Crippen LogP contribution >= 0.6 is 15.9 Å². The van der Waals surface area contributed by atoms with Gasteiger partial charge in [0.15, 0.2) is 0 Å². The van der Waals surface area contributed by atoms with Crippen LogP contribution in [0.2, 0.25) is 0 Å². The largest absolute Gasteiger partial charge is 0.508 e. The number of aryl methyl sites for hydroxylation is 1. The van der Waals surface area contributed by atoms with Crippen molar-refractivity contribution in [3.05, 3.63) is 70.0 Å². The Kier molecular flexibility index (Phi) is 4.40. The Bertz CT molecular complexity index is 884. The van der Waals surface area contributed by atoms with Gasteiger partial charge in [-0.3, -0.25) is 4.79 Å². The number of carbonyl (C=O) groups excluding carboxylic acids is 1. The molecule has 0 saturated carbocycles. The lowest BCUT2D eigenvalue weighted by molar-refractivity contribution is 0.102. The number of benzene rings is 2. The van der Waals surface area contributed by atoms with Gasteiger partial charge in [0, 0.05) is 11.3 Å². The fraction of sp³-hybridized carbons (Fsp3) is 0.111. The molecule has 0 saturated heterocycles. The van der Waals surface area contributed by atoms with Crippen LogP contribution in [0.15, 0.2) is 53.0 Å². The van der Waals surface area contributed by atoms with Crippen molar-refractivity contribution in [2.75, 3.05) is 5.32 Å². The van der Waals surface area contributed by atoms with Crippen LogP contribution in [-0.2, 0) is 0 Å². The van der Waals surface area contributed by atoms with Gasteiger partial charge < -0.3 is 10.4 Å². The molecule has 0 aliphatic carbocycles. The molecule has 0 radical (unpaired) electrons. The maximum Gasteiger partial charge on any atom is 0.255 e. The summed E-state index contributed by atoms with van der Waals surface area (Å²) < 4.78 is 2.84. The first-order valence-electron chi connectivity index (χ1n) is 7.38. The van der Waals surface area contributed by atoms with E-state index >= 15 is 0 Å². The van der Waals surface area contributed by atoms with E-state index < -0.39 is 0 Å². The second-order valence-corrected chi connectivity index (χ2v) is 6.24. The molecule has 0 spiro atoms. The number of phenolic OH excluding ortho intramolecular Hbond substituents is 1. The number of amides is 1. The molecule has 3 aromatic rings.